The number of nitrogens with one attached hydrogen (secondary N) is 1. The molecule has 0 atom stereocenters. The second kappa shape index (κ2) is 6.27. The van der Waals surface area contributed by atoms with Crippen LogP contribution >= 0.6 is 27.5 Å². The zero-order chi connectivity index (χ0) is 15.7. The summed E-state index contributed by atoms with van der Waals surface area (Å²) in [7, 11) is 0. The molecular weight excluding hydrogens is 354 g/mol. The van der Waals surface area contributed by atoms with Crippen LogP contribution in [0.25, 0.3) is 0 Å². The minimum Gasteiger partial charge on any atom is -0.388 e. The third kappa shape index (κ3) is 4.44. The van der Waals surface area contributed by atoms with E-state index < -0.39 is 5.60 Å². The summed E-state index contributed by atoms with van der Waals surface area (Å²) in [5.74, 6) is -0.220. The zero-order valence-electron chi connectivity index (χ0n) is 12.4. The molecule has 1 aliphatic carbocycles. The third-order valence-electron chi connectivity index (χ3n) is 4.29. The van der Waals surface area contributed by atoms with Crippen LogP contribution in [0, 0.1) is 5.41 Å². The summed E-state index contributed by atoms with van der Waals surface area (Å²) < 4.78 is 0.696. The van der Waals surface area contributed by atoms with Crippen molar-refractivity contribution >= 4 is 33.4 Å². The zero-order valence-corrected chi connectivity index (χ0v) is 14.7. The Morgan fingerprint density at radius 3 is 2.57 bits per heavy atom. The van der Waals surface area contributed by atoms with E-state index in [0.717, 1.165) is 25.7 Å². The van der Waals surface area contributed by atoms with Gasteiger partial charge >= 0.3 is 0 Å². The monoisotopic (exact) mass is 373 g/mol. The lowest BCUT2D eigenvalue weighted by Gasteiger charge is -2.40. The van der Waals surface area contributed by atoms with Crippen molar-refractivity contribution in [3.63, 3.8) is 0 Å². The first-order valence-corrected chi connectivity index (χ1v) is 8.34. The van der Waals surface area contributed by atoms with E-state index in [4.69, 9.17) is 11.6 Å². The maximum Gasteiger partial charge on any atom is 0.252 e. The predicted octanol–water partition coefficient (Wildman–Crippen LogP) is 4.16. The van der Waals surface area contributed by atoms with Crippen LogP contribution in [-0.2, 0) is 0 Å². The fourth-order valence-corrected chi connectivity index (χ4v) is 3.18. The highest BCUT2D eigenvalue weighted by Gasteiger charge is 2.36. The SMILES string of the molecule is CC1(C)CCC(O)(CNC(=O)c2cc(Cl)ccc2Br)CC1. The average molecular weight is 375 g/mol. The van der Waals surface area contributed by atoms with Crippen molar-refractivity contribution in [2.24, 2.45) is 5.41 Å². The molecule has 1 amide bonds. The fraction of sp³-hybridized carbons (Fsp3) is 0.562. The van der Waals surface area contributed by atoms with E-state index in [0.29, 0.717) is 15.1 Å². The van der Waals surface area contributed by atoms with Crippen molar-refractivity contribution in [1.82, 2.24) is 5.32 Å². The van der Waals surface area contributed by atoms with Crippen molar-refractivity contribution < 1.29 is 9.90 Å². The molecule has 21 heavy (non-hydrogen) atoms. The van der Waals surface area contributed by atoms with Gasteiger partial charge in [0, 0.05) is 16.0 Å². The Morgan fingerprint density at radius 2 is 1.95 bits per heavy atom. The molecule has 1 fully saturated rings. The number of carbonyl (C=O) groups is 1. The van der Waals surface area contributed by atoms with E-state index in [1.165, 1.54) is 0 Å². The number of rotatable bonds is 3. The molecule has 0 radical (unpaired) electrons. The van der Waals surface area contributed by atoms with E-state index >= 15 is 0 Å². The van der Waals surface area contributed by atoms with Crippen LogP contribution in [0.5, 0.6) is 0 Å². The highest BCUT2D eigenvalue weighted by Crippen LogP contribution is 2.39. The van der Waals surface area contributed by atoms with Crippen LogP contribution in [0.15, 0.2) is 22.7 Å². The molecule has 116 valence electrons. The van der Waals surface area contributed by atoms with Gasteiger partial charge < -0.3 is 10.4 Å². The quantitative estimate of drug-likeness (QED) is 0.834. The van der Waals surface area contributed by atoms with Gasteiger partial charge in [-0.25, -0.2) is 0 Å². The van der Waals surface area contributed by atoms with E-state index in [9.17, 15) is 9.90 Å². The smallest absolute Gasteiger partial charge is 0.252 e. The van der Waals surface area contributed by atoms with Gasteiger partial charge in [-0.15, -0.1) is 0 Å². The van der Waals surface area contributed by atoms with Crippen molar-refractivity contribution in [2.45, 2.75) is 45.1 Å². The summed E-state index contributed by atoms with van der Waals surface area (Å²) >= 11 is 9.26. The van der Waals surface area contributed by atoms with Gasteiger partial charge in [0.2, 0.25) is 0 Å². The molecule has 1 aromatic carbocycles. The van der Waals surface area contributed by atoms with Crippen LogP contribution in [0.3, 0.4) is 0 Å². The number of hydrogen-bond acceptors (Lipinski definition) is 2. The normalized spacial score (nSPS) is 20.0. The first-order chi connectivity index (χ1) is 9.71. The molecule has 3 nitrogen and oxygen atoms in total. The largest absolute Gasteiger partial charge is 0.388 e. The molecule has 0 aromatic heterocycles. The summed E-state index contributed by atoms with van der Waals surface area (Å²) in [6, 6.07) is 5.09. The first-order valence-electron chi connectivity index (χ1n) is 7.17. The number of halogens is 2. The van der Waals surface area contributed by atoms with E-state index in [1.807, 2.05) is 0 Å². The van der Waals surface area contributed by atoms with Gasteiger partial charge in [-0.1, -0.05) is 25.4 Å². The Balaban J connectivity index is 1.97. The number of amides is 1. The summed E-state index contributed by atoms with van der Waals surface area (Å²) in [5.41, 5.74) is -0.0233. The third-order valence-corrected chi connectivity index (χ3v) is 5.21. The standard InChI is InChI=1S/C16H21BrClNO2/c1-15(2)5-7-16(21,8-6-15)10-19-14(20)12-9-11(18)3-4-13(12)17/h3-4,9,21H,5-8,10H2,1-2H3,(H,19,20). The molecule has 2 rings (SSSR count). The number of aliphatic hydroxyl groups is 1. The van der Waals surface area contributed by atoms with Gasteiger partial charge in [0.15, 0.2) is 0 Å². The second-order valence-corrected chi connectivity index (χ2v) is 7.99. The van der Waals surface area contributed by atoms with E-state index in [-0.39, 0.29) is 17.9 Å². The fourth-order valence-electron chi connectivity index (χ4n) is 2.58. The number of carbonyl (C=O) groups excluding carboxylic acids is 1. The number of benzene rings is 1. The highest BCUT2D eigenvalue weighted by molar-refractivity contribution is 9.10. The van der Waals surface area contributed by atoms with E-state index in [1.54, 1.807) is 18.2 Å². The van der Waals surface area contributed by atoms with Gasteiger partial charge in [0.05, 0.1) is 11.2 Å². The van der Waals surface area contributed by atoms with Crippen LogP contribution in [0.2, 0.25) is 5.02 Å². The average Bonchev–Trinajstić information content (AvgIpc) is 2.43. The maximum absolute atomic E-state index is 12.2. The molecule has 0 heterocycles. The van der Waals surface area contributed by atoms with Gasteiger partial charge in [-0.05, 0) is 65.2 Å². The molecule has 1 aromatic rings. The lowest BCUT2D eigenvalue weighted by molar-refractivity contribution is -0.0233. The summed E-state index contributed by atoms with van der Waals surface area (Å²) in [4.78, 5) is 12.2. The summed E-state index contributed by atoms with van der Waals surface area (Å²) in [5, 5.41) is 13.9. The molecule has 0 aliphatic heterocycles. The van der Waals surface area contributed by atoms with Crippen molar-refractivity contribution in [3.05, 3.63) is 33.3 Å². The Labute approximate surface area is 139 Å². The van der Waals surface area contributed by atoms with Crippen molar-refractivity contribution in [2.75, 3.05) is 6.54 Å². The molecule has 5 heteroatoms. The molecule has 0 spiro atoms. The van der Waals surface area contributed by atoms with Gasteiger partial charge in [0.1, 0.15) is 0 Å². The Hall–Kier alpha value is -0.580. The minimum atomic E-state index is -0.795. The Bertz CT molecular complexity index is 535. The lowest BCUT2D eigenvalue weighted by atomic mass is 9.71. The van der Waals surface area contributed by atoms with Gasteiger partial charge in [0.25, 0.3) is 5.91 Å². The van der Waals surface area contributed by atoms with Crippen LogP contribution < -0.4 is 5.32 Å². The topological polar surface area (TPSA) is 49.3 Å². The van der Waals surface area contributed by atoms with Gasteiger partial charge in [-0.3, -0.25) is 4.79 Å². The molecule has 1 aliphatic rings. The van der Waals surface area contributed by atoms with Crippen LogP contribution in [0.4, 0.5) is 0 Å². The molecule has 1 saturated carbocycles. The lowest BCUT2D eigenvalue weighted by Crippen LogP contribution is -2.46. The second-order valence-electron chi connectivity index (χ2n) is 6.70. The Kier molecular flexibility index (Phi) is 5.01. The van der Waals surface area contributed by atoms with Crippen molar-refractivity contribution in [3.8, 4) is 0 Å². The number of hydrogen-bond donors (Lipinski definition) is 2. The minimum absolute atomic E-state index is 0.220. The first kappa shape index (κ1) is 16.8. The molecule has 2 N–H and O–H groups in total. The molecule has 0 bridgehead atoms. The van der Waals surface area contributed by atoms with Crippen LogP contribution in [0.1, 0.15) is 49.9 Å². The predicted molar refractivity (Wildman–Crippen MR) is 88.7 cm³/mol. The van der Waals surface area contributed by atoms with Crippen LogP contribution in [-0.4, -0.2) is 23.2 Å². The van der Waals surface area contributed by atoms with Gasteiger partial charge in [-0.2, -0.15) is 0 Å². The summed E-state index contributed by atoms with van der Waals surface area (Å²) in [6.45, 7) is 4.71. The summed E-state index contributed by atoms with van der Waals surface area (Å²) in [6.07, 6.45) is 3.38. The van der Waals surface area contributed by atoms with E-state index in [2.05, 4.69) is 35.1 Å². The molecular formula is C16H21BrClNO2. The molecule has 0 saturated heterocycles. The van der Waals surface area contributed by atoms with Crippen molar-refractivity contribution in [1.29, 1.82) is 0 Å². The maximum atomic E-state index is 12.2. The molecule has 0 unspecified atom stereocenters. The Morgan fingerprint density at radius 1 is 1.33 bits per heavy atom. The highest BCUT2D eigenvalue weighted by atomic mass is 79.9.